The van der Waals surface area contributed by atoms with Crippen LogP contribution < -0.4 is 0 Å². The summed E-state index contributed by atoms with van der Waals surface area (Å²) in [4.78, 5) is 23.5. The number of carbonyl (C=O) groups excluding carboxylic acids is 2. The lowest BCUT2D eigenvalue weighted by molar-refractivity contribution is -0.158. The maximum absolute atomic E-state index is 11.8. The van der Waals surface area contributed by atoms with Gasteiger partial charge in [-0.2, -0.15) is 0 Å². The van der Waals surface area contributed by atoms with Gasteiger partial charge in [-0.05, 0) is 45.6 Å². The molecular weight excluding hydrogens is 368 g/mol. The van der Waals surface area contributed by atoms with Gasteiger partial charge in [0.15, 0.2) is 11.6 Å². The molecule has 1 saturated heterocycles. The number of hydrogen-bond acceptors (Lipinski definition) is 5. The van der Waals surface area contributed by atoms with E-state index >= 15 is 0 Å². The molecule has 0 saturated carbocycles. The highest BCUT2D eigenvalue weighted by Crippen LogP contribution is 2.22. The van der Waals surface area contributed by atoms with Crippen molar-refractivity contribution < 1.29 is 23.8 Å². The summed E-state index contributed by atoms with van der Waals surface area (Å²) >= 11 is 0. The van der Waals surface area contributed by atoms with Crippen molar-refractivity contribution in [2.24, 2.45) is 0 Å². The van der Waals surface area contributed by atoms with Crippen molar-refractivity contribution >= 4 is 11.8 Å². The van der Waals surface area contributed by atoms with E-state index in [-0.39, 0.29) is 24.5 Å². The average Bonchev–Trinajstić information content (AvgIpc) is 3.03. The molecule has 1 rings (SSSR count). The molecule has 1 aliphatic heterocycles. The van der Waals surface area contributed by atoms with Gasteiger partial charge in [-0.1, -0.05) is 57.3 Å². The fourth-order valence-corrected chi connectivity index (χ4v) is 3.14. The molecule has 1 atom stereocenters. The minimum Gasteiger partial charge on any atom is -0.463 e. The van der Waals surface area contributed by atoms with E-state index in [1.807, 2.05) is 26.0 Å². The predicted molar refractivity (Wildman–Crippen MR) is 116 cm³/mol. The second-order valence-electron chi connectivity index (χ2n) is 8.15. The Morgan fingerprint density at radius 2 is 1.72 bits per heavy atom. The minimum absolute atomic E-state index is 0.169. The van der Waals surface area contributed by atoms with Crippen LogP contribution in [0.3, 0.4) is 0 Å². The number of allylic oxidation sites excluding steroid dienone is 4. The number of ketones is 1. The van der Waals surface area contributed by atoms with Crippen molar-refractivity contribution in [3.63, 3.8) is 0 Å². The molecule has 1 fully saturated rings. The van der Waals surface area contributed by atoms with Gasteiger partial charge in [0.25, 0.3) is 0 Å². The predicted octanol–water partition coefficient (Wildman–Crippen LogP) is 5.67. The van der Waals surface area contributed by atoms with Crippen molar-refractivity contribution in [1.82, 2.24) is 0 Å². The van der Waals surface area contributed by atoms with Crippen LogP contribution in [0.15, 0.2) is 24.3 Å². The summed E-state index contributed by atoms with van der Waals surface area (Å²) in [7, 11) is 0. The SMILES string of the molecule is CCCCC/C=C/C=C/C(=O)CCCCCCCC(=O)OC[C@@H]1COC(C)(C)O1. The molecule has 0 spiro atoms. The number of unbranched alkanes of at least 4 members (excludes halogenated alkanes) is 7. The first-order valence-electron chi connectivity index (χ1n) is 11.3. The average molecular weight is 409 g/mol. The van der Waals surface area contributed by atoms with Crippen molar-refractivity contribution in [1.29, 1.82) is 0 Å². The normalized spacial score (nSPS) is 18.7. The summed E-state index contributed by atoms with van der Waals surface area (Å²) in [5, 5.41) is 0. The quantitative estimate of drug-likeness (QED) is 0.142. The highest BCUT2D eigenvalue weighted by atomic mass is 16.7. The van der Waals surface area contributed by atoms with Crippen molar-refractivity contribution in [3.8, 4) is 0 Å². The molecular formula is C24H40O5. The van der Waals surface area contributed by atoms with Crippen molar-refractivity contribution in [2.75, 3.05) is 13.2 Å². The first-order valence-corrected chi connectivity index (χ1v) is 11.3. The van der Waals surface area contributed by atoms with Crippen LogP contribution in [-0.2, 0) is 23.8 Å². The van der Waals surface area contributed by atoms with E-state index in [0.717, 1.165) is 38.5 Å². The maximum Gasteiger partial charge on any atom is 0.305 e. The van der Waals surface area contributed by atoms with Crippen LogP contribution in [0.2, 0.25) is 0 Å². The fourth-order valence-electron chi connectivity index (χ4n) is 3.14. The van der Waals surface area contributed by atoms with Gasteiger partial charge in [0.1, 0.15) is 12.7 Å². The zero-order chi connectivity index (χ0) is 21.4. The highest BCUT2D eigenvalue weighted by molar-refractivity contribution is 5.89. The number of rotatable bonds is 16. The van der Waals surface area contributed by atoms with Crippen LogP contribution in [0.4, 0.5) is 0 Å². The first kappa shape index (κ1) is 25.6. The molecule has 0 amide bonds. The summed E-state index contributed by atoms with van der Waals surface area (Å²) in [5.41, 5.74) is 0. The Hall–Kier alpha value is -1.46. The minimum atomic E-state index is -0.584. The van der Waals surface area contributed by atoms with Crippen LogP contribution in [-0.4, -0.2) is 36.9 Å². The third-order valence-electron chi connectivity index (χ3n) is 4.81. The van der Waals surface area contributed by atoms with E-state index in [0.29, 0.717) is 19.4 Å². The number of hydrogen-bond donors (Lipinski definition) is 0. The summed E-state index contributed by atoms with van der Waals surface area (Å²) in [6, 6.07) is 0. The van der Waals surface area contributed by atoms with E-state index in [2.05, 4.69) is 13.0 Å². The zero-order valence-corrected chi connectivity index (χ0v) is 18.6. The van der Waals surface area contributed by atoms with Gasteiger partial charge in [-0.25, -0.2) is 0 Å². The molecule has 0 aliphatic carbocycles. The molecule has 5 nitrogen and oxygen atoms in total. The van der Waals surface area contributed by atoms with Gasteiger partial charge in [0, 0.05) is 12.8 Å². The molecule has 0 aromatic rings. The van der Waals surface area contributed by atoms with E-state index in [9.17, 15) is 9.59 Å². The van der Waals surface area contributed by atoms with Crippen molar-refractivity contribution in [3.05, 3.63) is 24.3 Å². The maximum atomic E-state index is 11.8. The smallest absolute Gasteiger partial charge is 0.305 e. The molecule has 166 valence electrons. The second-order valence-corrected chi connectivity index (χ2v) is 8.15. The monoisotopic (exact) mass is 408 g/mol. The van der Waals surface area contributed by atoms with Crippen LogP contribution in [0, 0.1) is 0 Å². The van der Waals surface area contributed by atoms with Crippen LogP contribution in [0.1, 0.15) is 91.4 Å². The fraction of sp³-hybridized carbons (Fsp3) is 0.750. The third kappa shape index (κ3) is 14.2. The van der Waals surface area contributed by atoms with Crippen LogP contribution in [0.25, 0.3) is 0 Å². The number of esters is 1. The number of ether oxygens (including phenoxy) is 3. The third-order valence-corrected chi connectivity index (χ3v) is 4.81. The number of carbonyl (C=O) groups is 2. The van der Waals surface area contributed by atoms with Gasteiger partial charge >= 0.3 is 5.97 Å². The molecule has 0 N–H and O–H groups in total. The molecule has 29 heavy (non-hydrogen) atoms. The molecule has 0 aromatic carbocycles. The lowest BCUT2D eigenvalue weighted by Gasteiger charge is -2.16. The summed E-state index contributed by atoms with van der Waals surface area (Å²) in [6.45, 7) is 6.62. The Morgan fingerprint density at radius 3 is 2.41 bits per heavy atom. The second kappa shape index (κ2) is 15.4. The Bertz CT molecular complexity index is 521. The van der Waals surface area contributed by atoms with E-state index in [1.54, 1.807) is 6.08 Å². The molecule has 5 heteroatoms. The zero-order valence-electron chi connectivity index (χ0n) is 18.6. The summed E-state index contributed by atoms with van der Waals surface area (Å²) in [6.07, 6.45) is 18.0. The van der Waals surface area contributed by atoms with Gasteiger partial charge in [-0.3, -0.25) is 9.59 Å². The Labute approximate surface area is 176 Å². The lowest BCUT2D eigenvalue weighted by Crippen LogP contribution is -2.25. The Balaban J connectivity index is 1.92. The van der Waals surface area contributed by atoms with Gasteiger partial charge in [0.05, 0.1) is 6.61 Å². The van der Waals surface area contributed by atoms with Gasteiger partial charge < -0.3 is 14.2 Å². The van der Waals surface area contributed by atoms with Gasteiger partial charge in [0.2, 0.25) is 0 Å². The highest BCUT2D eigenvalue weighted by Gasteiger charge is 2.33. The molecule has 1 aliphatic rings. The van der Waals surface area contributed by atoms with Crippen molar-refractivity contribution in [2.45, 2.75) is 103 Å². The van der Waals surface area contributed by atoms with E-state index in [1.165, 1.54) is 19.3 Å². The molecule has 0 bridgehead atoms. The Morgan fingerprint density at radius 1 is 1.00 bits per heavy atom. The van der Waals surface area contributed by atoms with E-state index < -0.39 is 5.79 Å². The topological polar surface area (TPSA) is 61.8 Å². The van der Waals surface area contributed by atoms with Crippen LogP contribution in [0.5, 0.6) is 0 Å². The summed E-state index contributed by atoms with van der Waals surface area (Å²) in [5.74, 6) is -0.575. The molecule has 1 heterocycles. The van der Waals surface area contributed by atoms with E-state index in [4.69, 9.17) is 14.2 Å². The Kier molecular flexibility index (Phi) is 13.6. The first-order chi connectivity index (χ1) is 13.9. The standard InChI is InChI=1S/C24H40O5/c1-4-5-6-7-8-10-13-16-21(25)17-14-11-9-12-15-18-23(26)27-19-22-20-28-24(2,3)29-22/h8,10,13,16,22H,4-7,9,11-12,14-15,17-20H2,1-3H3/b10-8+,16-13+/t22-/m1/s1. The largest absolute Gasteiger partial charge is 0.463 e. The molecule has 0 unspecified atom stereocenters. The molecule has 0 aromatic heterocycles. The lowest BCUT2D eigenvalue weighted by atomic mass is 10.1. The van der Waals surface area contributed by atoms with Crippen LogP contribution >= 0.6 is 0 Å². The van der Waals surface area contributed by atoms with Gasteiger partial charge in [-0.15, -0.1) is 0 Å². The molecule has 0 radical (unpaired) electrons. The summed E-state index contributed by atoms with van der Waals surface area (Å²) < 4.78 is 16.3.